The molecule has 34 heavy (non-hydrogen) atoms. The second-order valence-electron chi connectivity index (χ2n) is 11.4. The number of nitrogens with zero attached hydrogens (tertiary/aromatic N) is 2. The fraction of sp³-hybridized carbons (Fsp3) is 0.581. The zero-order valence-corrected chi connectivity index (χ0v) is 20.7. The molecule has 2 heterocycles. The first-order chi connectivity index (χ1) is 16.7. The Morgan fingerprint density at radius 2 is 1.03 bits per heavy atom. The number of hydrogen-bond donors (Lipinski definition) is 0. The molecule has 2 aromatic carbocycles. The molecule has 0 N–H and O–H groups in total. The van der Waals surface area contributed by atoms with Crippen LogP contribution in [0.4, 0.5) is 0 Å². The third kappa shape index (κ3) is 5.16. The summed E-state index contributed by atoms with van der Waals surface area (Å²) in [5.74, 6) is 1.43. The minimum atomic E-state index is 0.262. The van der Waals surface area contributed by atoms with E-state index < -0.39 is 0 Å². The molecule has 0 radical (unpaired) electrons. The minimum absolute atomic E-state index is 0.262. The van der Waals surface area contributed by atoms with Crippen LogP contribution in [0.5, 0.6) is 0 Å². The highest BCUT2D eigenvalue weighted by molar-refractivity contribution is 6.11. The summed E-state index contributed by atoms with van der Waals surface area (Å²) < 4.78 is 0. The molecule has 4 fully saturated rings. The van der Waals surface area contributed by atoms with Gasteiger partial charge in [-0.25, -0.2) is 0 Å². The van der Waals surface area contributed by atoms with Gasteiger partial charge in [0.2, 0.25) is 0 Å². The second kappa shape index (κ2) is 9.95. The van der Waals surface area contributed by atoms with Gasteiger partial charge in [-0.15, -0.1) is 0 Å². The Labute approximate surface area is 205 Å². The highest BCUT2D eigenvalue weighted by atomic mass is 16.1. The highest BCUT2D eigenvalue weighted by Crippen LogP contribution is 2.45. The predicted octanol–water partition coefficient (Wildman–Crippen LogP) is 6.64. The van der Waals surface area contributed by atoms with E-state index in [1.807, 2.05) is 0 Å². The van der Waals surface area contributed by atoms with Crippen molar-refractivity contribution in [3.8, 4) is 0 Å². The predicted molar refractivity (Wildman–Crippen MR) is 139 cm³/mol. The van der Waals surface area contributed by atoms with Crippen molar-refractivity contribution in [2.75, 3.05) is 26.2 Å². The van der Waals surface area contributed by atoms with E-state index in [0.29, 0.717) is 11.8 Å². The molecule has 0 amide bonds. The molecular formula is C31H40N2O. The number of rotatable bonds is 8. The third-order valence-electron chi connectivity index (χ3n) is 8.47. The molecule has 2 aliphatic carbocycles. The van der Waals surface area contributed by atoms with Crippen LogP contribution in [0.1, 0.15) is 114 Å². The van der Waals surface area contributed by atoms with E-state index in [4.69, 9.17) is 0 Å². The Morgan fingerprint density at radius 1 is 0.618 bits per heavy atom. The maximum atomic E-state index is 13.9. The standard InChI is InChI=1S/C31H40N2O/c34-31(27-13-7-23(19-29(27)25-9-10-25)21-32-15-3-1-4-16-32)28-14-8-24(20-30(28)26-11-12-26)22-33-17-5-2-6-18-33/h7-8,13-14,19-20,25-26H,1-6,9-12,15-18,21-22H2. The molecule has 0 atom stereocenters. The zero-order valence-electron chi connectivity index (χ0n) is 20.7. The van der Waals surface area contributed by atoms with Gasteiger partial charge in [0.1, 0.15) is 0 Å². The molecule has 3 heteroatoms. The number of carbonyl (C=O) groups excluding carboxylic acids is 1. The van der Waals surface area contributed by atoms with Crippen LogP contribution in [0.2, 0.25) is 0 Å². The molecule has 2 aliphatic heterocycles. The van der Waals surface area contributed by atoms with Crippen LogP contribution in [0.3, 0.4) is 0 Å². The Morgan fingerprint density at radius 3 is 1.41 bits per heavy atom. The average molecular weight is 457 g/mol. The van der Waals surface area contributed by atoms with Crippen molar-refractivity contribution in [3.05, 3.63) is 69.8 Å². The Kier molecular flexibility index (Phi) is 6.58. The van der Waals surface area contributed by atoms with Crippen molar-refractivity contribution in [2.24, 2.45) is 0 Å². The molecule has 3 nitrogen and oxygen atoms in total. The summed E-state index contributed by atoms with van der Waals surface area (Å²) in [5.41, 5.74) is 7.35. The van der Waals surface area contributed by atoms with Crippen molar-refractivity contribution in [3.63, 3.8) is 0 Å². The van der Waals surface area contributed by atoms with Gasteiger partial charge in [0.25, 0.3) is 0 Å². The Balaban J connectivity index is 1.25. The van der Waals surface area contributed by atoms with E-state index in [9.17, 15) is 4.79 Å². The molecule has 2 saturated carbocycles. The summed E-state index contributed by atoms with van der Waals surface area (Å²) in [4.78, 5) is 19.1. The fourth-order valence-corrected chi connectivity index (χ4v) is 6.20. The van der Waals surface area contributed by atoms with Crippen LogP contribution >= 0.6 is 0 Å². The number of carbonyl (C=O) groups is 1. The van der Waals surface area contributed by atoms with Gasteiger partial charge in [-0.3, -0.25) is 14.6 Å². The van der Waals surface area contributed by atoms with Gasteiger partial charge in [-0.1, -0.05) is 49.2 Å². The van der Waals surface area contributed by atoms with Crippen LogP contribution < -0.4 is 0 Å². The molecule has 6 rings (SSSR count). The van der Waals surface area contributed by atoms with Crippen LogP contribution in [0.25, 0.3) is 0 Å². The van der Waals surface area contributed by atoms with Crippen molar-refractivity contribution >= 4 is 5.78 Å². The molecule has 2 aromatic rings. The Hall–Kier alpha value is -1.97. The normalized spacial score (nSPS) is 22.1. The maximum Gasteiger partial charge on any atom is 0.193 e. The monoisotopic (exact) mass is 456 g/mol. The number of likely N-dealkylation sites (tertiary alicyclic amines) is 2. The van der Waals surface area contributed by atoms with Crippen LogP contribution in [0.15, 0.2) is 36.4 Å². The van der Waals surface area contributed by atoms with Crippen molar-refractivity contribution in [2.45, 2.75) is 89.1 Å². The molecule has 4 aliphatic rings. The van der Waals surface area contributed by atoms with Gasteiger partial charge in [-0.2, -0.15) is 0 Å². The Bertz CT molecular complexity index is 942. The van der Waals surface area contributed by atoms with Crippen molar-refractivity contribution in [1.29, 1.82) is 0 Å². The number of ketones is 1. The first-order valence-corrected chi connectivity index (χ1v) is 14.0. The SMILES string of the molecule is O=C(c1ccc(CN2CCCCC2)cc1C1CC1)c1ccc(CN2CCCCC2)cc1C1CC1. The van der Waals surface area contributed by atoms with E-state index in [2.05, 4.69) is 46.2 Å². The van der Waals surface area contributed by atoms with Gasteiger partial charge in [-0.05, 0) is 112 Å². The minimum Gasteiger partial charge on any atom is -0.299 e. The van der Waals surface area contributed by atoms with E-state index in [-0.39, 0.29) is 5.78 Å². The van der Waals surface area contributed by atoms with Gasteiger partial charge in [0.05, 0.1) is 0 Å². The average Bonchev–Trinajstić information content (AvgIpc) is 3.78. The molecule has 0 unspecified atom stereocenters. The van der Waals surface area contributed by atoms with Crippen LogP contribution in [-0.2, 0) is 13.1 Å². The summed E-state index contributed by atoms with van der Waals surface area (Å²) in [7, 11) is 0. The van der Waals surface area contributed by atoms with Crippen molar-refractivity contribution < 1.29 is 4.79 Å². The first-order valence-electron chi connectivity index (χ1n) is 14.0. The first kappa shape index (κ1) is 22.5. The number of hydrogen-bond acceptors (Lipinski definition) is 3. The molecular weight excluding hydrogens is 416 g/mol. The smallest absolute Gasteiger partial charge is 0.193 e. The maximum absolute atomic E-state index is 13.9. The summed E-state index contributed by atoms with van der Waals surface area (Å²) in [6, 6.07) is 13.5. The van der Waals surface area contributed by atoms with E-state index in [1.165, 1.54) is 113 Å². The topological polar surface area (TPSA) is 23.6 Å². The molecule has 180 valence electrons. The summed E-state index contributed by atoms with van der Waals surface area (Å²) in [6.07, 6.45) is 13.0. The quantitative estimate of drug-likeness (QED) is 0.416. The van der Waals surface area contributed by atoms with Gasteiger partial charge in [0.15, 0.2) is 5.78 Å². The third-order valence-corrected chi connectivity index (χ3v) is 8.47. The van der Waals surface area contributed by atoms with E-state index >= 15 is 0 Å². The fourth-order valence-electron chi connectivity index (χ4n) is 6.20. The highest BCUT2D eigenvalue weighted by Gasteiger charge is 2.32. The summed E-state index contributed by atoms with van der Waals surface area (Å²) in [6.45, 7) is 6.93. The summed E-state index contributed by atoms with van der Waals surface area (Å²) >= 11 is 0. The molecule has 2 saturated heterocycles. The van der Waals surface area contributed by atoms with E-state index in [0.717, 1.165) is 24.2 Å². The molecule has 0 bridgehead atoms. The molecule has 0 spiro atoms. The lowest BCUT2D eigenvalue weighted by Gasteiger charge is -2.27. The van der Waals surface area contributed by atoms with E-state index in [1.54, 1.807) is 0 Å². The lowest BCUT2D eigenvalue weighted by Crippen LogP contribution is -2.29. The van der Waals surface area contributed by atoms with Gasteiger partial charge < -0.3 is 0 Å². The second-order valence-corrected chi connectivity index (χ2v) is 11.4. The number of benzene rings is 2. The summed E-state index contributed by atoms with van der Waals surface area (Å²) in [5, 5.41) is 0. The lowest BCUT2D eigenvalue weighted by atomic mass is 9.89. The van der Waals surface area contributed by atoms with Crippen LogP contribution in [-0.4, -0.2) is 41.8 Å². The zero-order chi connectivity index (χ0) is 22.9. The van der Waals surface area contributed by atoms with Gasteiger partial charge >= 0.3 is 0 Å². The largest absolute Gasteiger partial charge is 0.299 e. The lowest BCUT2D eigenvalue weighted by molar-refractivity contribution is 0.103. The van der Waals surface area contributed by atoms with Crippen molar-refractivity contribution in [1.82, 2.24) is 9.80 Å². The van der Waals surface area contributed by atoms with Crippen LogP contribution in [0, 0.1) is 0 Å². The molecule has 0 aromatic heterocycles. The number of piperidine rings is 2. The van der Waals surface area contributed by atoms with Gasteiger partial charge in [0, 0.05) is 24.2 Å².